The lowest BCUT2D eigenvalue weighted by Crippen LogP contribution is -2.57. The number of carbonyl (C=O) groups excluding carboxylic acids is 4. The van der Waals surface area contributed by atoms with E-state index in [0.29, 0.717) is 53.2 Å². The van der Waals surface area contributed by atoms with E-state index >= 15 is 0 Å². The summed E-state index contributed by atoms with van der Waals surface area (Å²) in [7, 11) is 0. The first-order chi connectivity index (χ1) is 31.9. The molecule has 3 heterocycles. The zero-order valence-electron chi connectivity index (χ0n) is 38.7. The lowest BCUT2D eigenvalue weighted by atomic mass is 9.85. The molecule has 0 radical (unpaired) electrons. The topological polar surface area (TPSA) is 158 Å². The number of hydrogen-bond acceptors (Lipinski definition) is 10. The second kappa shape index (κ2) is 20.1. The Morgan fingerprint density at radius 1 is 0.955 bits per heavy atom. The molecule has 14 nitrogen and oxygen atoms in total. The fourth-order valence-electron chi connectivity index (χ4n) is 8.19. The van der Waals surface area contributed by atoms with Crippen molar-refractivity contribution in [3.8, 4) is 21.9 Å². The van der Waals surface area contributed by atoms with Crippen molar-refractivity contribution in [2.24, 2.45) is 5.41 Å². The maximum atomic E-state index is 14.1. The molecule has 67 heavy (non-hydrogen) atoms. The van der Waals surface area contributed by atoms with Gasteiger partial charge in [-0.05, 0) is 123 Å². The second-order valence-electron chi connectivity index (χ2n) is 18.3. The third-order valence-electron chi connectivity index (χ3n) is 11.9. The van der Waals surface area contributed by atoms with E-state index in [-0.39, 0.29) is 31.3 Å². The van der Waals surface area contributed by atoms with Gasteiger partial charge in [0.25, 0.3) is 11.8 Å². The summed E-state index contributed by atoms with van der Waals surface area (Å²) >= 11 is 7.39. The smallest absolute Gasteiger partial charge is 0.259 e. The van der Waals surface area contributed by atoms with Crippen LogP contribution in [0.3, 0.4) is 0 Å². The number of nitrogens with one attached hydrogen (secondary N) is 2. The maximum absolute atomic E-state index is 14.1. The maximum Gasteiger partial charge on any atom is 0.259 e. The summed E-state index contributed by atoms with van der Waals surface area (Å²) in [5.74, 6) is -0.248. The van der Waals surface area contributed by atoms with Gasteiger partial charge in [-0.2, -0.15) is 0 Å². The van der Waals surface area contributed by atoms with Gasteiger partial charge in [0.1, 0.15) is 29.1 Å². The molecule has 0 spiro atoms. The van der Waals surface area contributed by atoms with Crippen LogP contribution in [-0.2, 0) is 20.9 Å². The van der Waals surface area contributed by atoms with Gasteiger partial charge in [0.05, 0.1) is 42.0 Å². The van der Waals surface area contributed by atoms with Gasteiger partial charge in [-0.1, -0.05) is 51.1 Å². The lowest BCUT2D eigenvalue weighted by molar-refractivity contribution is -0.142. The molecule has 0 saturated carbocycles. The van der Waals surface area contributed by atoms with Crippen molar-refractivity contribution in [3.63, 3.8) is 0 Å². The molecule has 0 unspecified atom stereocenters. The number of aryl methyl sites for hydroxylation is 2. The second-order valence-corrected chi connectivity index (χ2v) is 19.5. The number of anilines is 2. The van der Waals surface area contributed by atoms with Crippen LogP contribution in [-0.4, -0.2) is 87.2 Å². The number of carbonyl (C=O) groups is 4. The summed E-state index contributed by atoms with van der Waals surface area (Å²) in [6.45, 7) is 21.3. The number of aliphatic hydroxyl groups is 1. The quantitative estimate of drug-likeness (QED) is 0.0532. The molecule has 2 saturated heterocycles. The molecule has 348 valence electrons. The molecular formula is C51H55N7O7S2. The number of aliphatic hydroxyl groups excluding tert-OH is 1. The Labute approximate surface area is 400 Å². The Kier molecular flexibility index (Phi) is 14.4. The van der Waals surface area contributed by atoms with E-state index in [1.54, 1.807) is 53.8 Å². The third kappa shape index (κ3) is 10.6. The number of amides is 4. The normalized spacial score (nSPS) is 17.3. The van der Waals surface area contributed by atoms with Gasteiger partial charge in [0, 0.05) is 42.9 Å². The highest BCUT2D eigenvalue weighted by atomic mass is 32.1. The van der Waals surface area contributed by atoms with Crippen molar-refractivity contribution < 1.29 is 33.8 Å². The summed E-state index contributed by atoms with van der Waals surface area (Å²) in [4.78, 5) is 68.5. The van der Waals surface area contributed by atoms with E-state index in [1.165, 1.54) is 9.80 Å². The number of rotatable bonds is 15. The summed E-state index contributed by atoms with van der Waals surface area (Å²) < 4.78 is 11.9. The van der Waals surface area contributed by atoms with E-state index < -0.39 is 41.0 Å². The molecule has 0 aliphatic carbocycles. The SMILES string of the molecule is [C-]#[N+]c1ccc(N2C(=O)C(C)(C)N(c3ccc(OCCCOc4ccc(C(=O)N[C@H](C(=O)N5C[C@H](O)C[C@H]5C(=O)NCc5ccc(-c6scnc6C)cc5)C(C)(C)C)cc4)cc3)C2=S)cc1C. The van der Waals surface area contributed by atoms with Gasteiger partial charge in [0.2, 0.25) is 11.8 Å². The van der Waals surface area contributed by atoms with Crippen LogP contribution in [0.2, 0.25) is 0 Å². The number of likely N-dealkylation sites (tertiary alicyclic amines) is 1. The van der Waals surface area contributed by atoms with E-state index in [9.17, 15) is 24.3 Å². The Morgan fingerprint density at radius 3 is 2.16 bits per heavy atom. The number of nitrogens with zero attached hydrogens (tertiary/aromatic N) is 5. The molecule has 5 aromatic rings. The largest absolute Gasteiger partial charge is 0.493 e. The van der Waals surface area contributed by atoms with Crippen LogP contribution in [0.1, 0.15) is 74.6 Å². The summed E-state index contributed by atoms with van der Waals surface area (Å²) in [5, 5.41) is 16.8. The molecule has 4 amide bonds. The Morgan fingerprint density at radius 2 is 1.58 bits per heavy atom. The minimum absolute atomic E-state index is 0.0244. The lowest BCUT2D eigenvalue weighted by Gasteiger charge is -2.35. The average Bonchev–Trinajstić information content (AvgIpc) is 3.96. The monoisotopic (exact) mass is 941 g/mol. The van der Waals surface area contributed by atoms with E-state index in [2.05, 4.69) is 20.5 Å². The Bertz CT molecular complexity index is 2690. The number of thiocarbonyl (C=S) groups is 1. The first kappa shape index (κ1) is 48.3. The number of ether oxygens (including phenoxy) is 2. The molecule has 3 atom stereocenters. The van der Waals surface area contributed by atoms with E-state index in [0.717, 1.165) is 32.9 Å². The van der Waals surface area contributed by atoms with Gasteiger partial charge < -0.3 is 35.0 Å². The first-order valence-electron chi connectivity index (χ1n) is 22.1. The standard InChI is InChI=1S/C51H55N7O7S2/c1-31-26-37(18-23-41(31)52-8)57-48(63)51(6,7)58(49(57)66)36-16-21-40(22-17-36)65-25-9-24-64-39-19-14-35(15-20-39)45(60)55-44(50(3,4)5)47(62)56-29-38(59)27-42(56)46(61)53-28-33-10-12-34(13-11-33)43-32(2)54-30-67-43/h10-23,26,30,38,42,44,59H,9,24-25,27-29H2,1-7H3,(H,53,61)(H,55,60)/t38-,42+,44-/m1/s1. The zero-order valence-corrected chi connectivity index (χ0v) is 40.3. The molecule has 4 aromatic carbocycles. The van der Waals surface area contributed by atoms with Crippen molar-refractivity contribution in [2.45, 2.75) is 91.6 Å². The van der Waals surface area contributed by atoms with Crippen LogP contribution in [0.25, 0.3) is 15.3 Å². The number of β-amino-alcohol motifs (C(OH)–C–C–N with tert-alkyl or cyclic N) is 1. The van der Waals surface area contributed by atoms with Crippen molar-refractivity contribution >= 4 is 69.4 Å². The minimum atomic E-state index is -0.986. The fourth-order valence-corrected chi connectivity index (χ4v) is 9.52. The van der Waals surface area contributed by atoms with Gasteiger partial charge in [0.15, 0.2) is 10.8 Å². The Balaban J connectivity index is 0.877. The fraction of sp³-hybridized carbons (Fsp3) is 0.353. The molecule has 16 heteroatoms. The first-order valence-corrected chi connectivity index (χ1v) is 23.3. The molecule has 7 rings (SSSR count). The van der Waals surface area contributed by atoms with Crippen LogP contribution >= 0.6 is 23.6 Å². The predicted octanol–water partition coefficient (Wildman–Crippen LogP) is 8.17. The van der Waals surface area contributed by atoms with Gasteiger partial charge in [-0.25, -0.2) is 9.83 Å². The van der Waals surface area contributed by atoms with Gasteiger partial charge in [-0.15, -0.1) is 11.3 Å². The highest BCUT2D eigenvalue weighted by Gasteiger charge is 2.50. The van der Waals surface area contributed by atoms with Crippen molar-refractivity contribution in [1.82, 2.24) is 20.5 Å². The van der Waals surface area contributed by atoms with Crippen LogP contribution in [0, 0.1) is 25.8 Å². The Hall–Kier alpha value is -6.67. The van der Waals surface area contributed by atoms with E-state index in [1.807, 2.05) is 107 Å². The zero-order chi connectivity index (χ0) is 48.2. The van der Waals surface area contributed by atoms with E-state index in [4.69, 9.17) is 28.3 Å². The van der Waals surface area contributed by atoms with Crippen LogP contribution in [0.4, 0.5) is 17.1 Å². The molecule has 0 bridgehead atoms. The van der Waals surface area contributed by atoms with Gasteiger partial charge in [-0.3, -0.25) is 24.1 Å². The average molecular weight is 942 g/mol. The number of aromatic nitrogens is 1. The van der Waals surface area contributed by atoms with Crippen molar-refractivity contribution in [2.75, 3.05) is 29.6 Å². The number of hydrogen-bond donors (Lipinski definition) is 3. The number of benzene rings is 4. The summed E-state index contributed by atoms with van der Waals surface area (Å²) in [5.41, 5.74) is 6.02. The molecular weight excluding hydrogens is 887 g/mol. The highest BCUT2D eigenvalue weighted by molar-refractivity contribution is 7.81. The highest BCUT2D eigenvalue weighted by Crippen LogP contribution is 2.38. The molecule has 2 fully saturated rings. The molecule has 2 aliphatic heterocycles. The van der Waals surface area contributed by atoms with Crippen molar-refractivity contribution in [3.05, 3.63) is 130 Å². The van der Waals surface area contributed by atoms with Crippen LogP contribution in [0.15, 0.2) is 96.5 Å². The van der Waals surface area contributed by atoms with Crippen LogP contribution in [0.5, 0.6) is 11.5 Å². The van der Waals surface area contributed by atoms with Crippen molar-refractivity contribution in [1.29, 1.82) is 0 Å². The van der Waals surface area contributed by atoms with Gasteiger partial charge >= 0.3 is 0 Å². The van der Waals surface area contributed by atoms with Crippen LogP contribution < -0.4 is 29.9 Å². The summed E-state index contributed by atoms with van der Waals surface area (Å²) in [6.07, 6.45) is -0.221. The molecule has 2 aliphatic rings. The number of thiazole rings is 1. The summed E-state index contributed by atoms with van der Waals surface area (Å²) in [6, 6.07) is 25.2. The molecule has 3 N–H and O–H groups in total. The molecule has 1 aromatic heterocycles. The minimum Gasteiger partial charge on any atom is -0.493 e. The predicted molar refractivity (Wildman–Crippen MR) is 264 cm³/mol. The third-order valence-corrected chi connectivity index (χ3v) is 13.3.